The summed E-state index contributed by atoms with van der Waals surface area (Å²) in [5.41, 5.74) is 0.629. The molecule has 9 nitrogen and oxygen atoms in total. The molecule has 0 atom stereocenters. The number of nitrogens with one attached hydrogen (secondary N) is 2. The van der Waals surface area contributed by atoms with Crippen molar-refractivity contribution in [3.05, 3.63) is 40.6 Å². The summed E-state index contributed by atoms with van der Waals surface area (Å²) < 4.78 is 36.0. The molecule has 0 saturated carbocycles. The Morgan fingerprint density at radius 1 is 1.28 bits per heavy atom. The van der Waals surface area contributed by atoms with E-state index in [0.717, 1.165) is 0 Å². The normalized spacial score (nSPS) is 14.7. The van der Waals surface area contributed by atoms with Gasteiger partial charge in [0.25, 0.3) is 0 Å². The Balaban J connectivity index is 0.00000225. The number of urea groups is 1. The molecular weight excluding hydrogens is 452 g/mol. The monoisotopic (exact) mass is 471 g/mol. The van der Waals surface area contributed by atoms with E-state index < -0.39 is 16.2 Å². The van der Waals surface area contributed by atoms with Gasteiger partial charge in [0, 0.05) is 42.2 Å². The number of aromatic nitrogens is 2. The van der Waals surface area contributed by atoms with Gasteiger partial charge in [0.15, 0.2) is 0 Å². The second-order valence-electron chi connectivity index (χ2n) is 6.23. The molecule has 1 aromatic carbocycles. The summed E-state index contributed by atoms with van der Waals surface area (Å²) in [6.45, 7) is 0.869. The molecule has 13 heteroatoms. The predicted molar refractivity (Wildman–Crippen MR) is 108 cm³/mol. The van der Waals surface area contributed by atoms with Crippen LogP contribution in [0.3, 0.4) is 0 Å². The number of rotatable bonds is 5. The van der Waals surface area contributed by atoms with Crippen LogP contribution in [-0.2, 0) is 22.0 Å². The van der Waals surface area contributed by atoms with Crippen molar-refractivity contribution in [3.8, 4) is 0 Å². The Morgan fingerprint density at radius 3 is 2.45 bits per heavy atom. The van der Waals surface area contributed by atoms with Crippen LogP contribution in [0, 0.1) is 0 Å². The van der Waals surface area contributed by atoms with Gasteiger partial charge >= 0.3 is 45.8 Å². The van der Waals surface area contributed by atoms with E-state index in [4.69, 9.17) is 27.9 Å². The molecule has 154 valence electrons. The van der Waals surface area contributed by atoms with Gasteiger partial charge in [-0.15, -0.1) is 0 Å². The molecule has 0 unspecified atom stereocenters. The van der Waals surface area contributed by atoms with Gasteiger partial charge in [0.05, 0.1) is 17.9 Å². The van der Waals surface area contributed by atoms with Gasteiger partial charge in [0.1, 0.15) is 0 Å². The molecule has 1 fully saturated rings. The summed E-state index contributed by atoms with van der Waals surface area (Å²) >= 11 is 11.8. The van der Waals surface area contributed by atoms with Crippen molar-refractivity contribution >= 4 is 50.8 Å². The second kappa shape index (κ2) is 10.3. The molecule has 2 aromatic rings. The molecule has 2 amide bonds. The van der Waals surface area contributed by atoms with Crippen LogP contribution in [0.4, 0.5) is 16.2 Å². The number of hydrogen-bond acceptors (Lipinski definition) is 5. The molecule has 0 bridgehead atoms. The fraction of sp³-hybridized carbons (Fsp3) is 0.375. The zero-order chi connectivity index (χ0) is 20.3. The molecule has 0 radical (unpaired) electrons. The Labute approximate surface area is 202 Å². The van der Waals surface area contributed by atoms with Crippen LogP contribution in [0.25, 0.3) is 0 Å². The van der Waals surface area contributed by atoms with E-state index in [0.29, 0.717) is 41.8 Å². The zero-order valence-corrected chi connectivity index (χ0v) is 20.3. The van der Waals surface area contributed by atoms with Crippen molar-refractivity contribution in [3.63, 3.8) is 0 Å². The number of nitrogens with zero attached hydrogens (tertiary/aromatic N) is 3. The van der Waals surface area contributed by atoms with Crippen molar-refractivity contribution in [2.24, 2.45) is 7.05 Å². The Kier molecular flexibility index (Phi) is 8.65. The van der Waals surface area contributed by atoms with Crippen LogP contribution in [0.1, 0.15) is 14.3 Å². The fourth-order valence-electron chi connectivity index (χ4n) is 2.94. The van der Waals surface area contributed by atoms with Gasteiger partial charge in [-0.3, -0.25) is 4.68 Å². The van der Waals surface area contributed by atoms with Crippen molar-refractivity contribution < 1.29 is 48.9 Å². The maximum Gasteiger partial charge on any atom is 1.00 e. The summed E-state index contributed by atoms with van der Waals surface area (Å²) in [4.78, 5) is 12.3. The zero-order valence-electron chi connectivity index (χ0n) is 16.9. The Hall–Kier alpha value is -1.01. The predicted octanol–water partition coefficient (Wildman–Crippen LogP) is -0.105. The first kappa shape index (κ1) is 24.3. The minimum Gasteiger partial charge on any atom is -1.00 e. The first-order valence-electron chi connectivity index (χ1n) is 8.40. The number of carbonyl (C=O) groups excluding carboxylic acids is 1. The molecule has 1 aliphatic heterocycles. The van der Waals surface area contributed by atoms with Gasteiger partial charge < -0.3 is 11.5 Å². The van der Waals surface area contributed by atoms with Crippen LogP contribution in [-0.4, -0.2) is 43.5 Å². The van der Waals surface area contributed by atoms with Crippen molar-refractivity contribution in [2.75, 3.05) is 22.8 Å². The number of aryl methyl sites for hydroxylation is 1. The molecule has 1 aromatic heterocycles. The Bertz CT molecular complexity index is 952. The molecule has 1 saturated heterocycles. The number of halogens is 2. The molecule has 3 rings (SSSR count). The summed E-state index contributed by atoms with van der Waals surface area (Å²) in [5, 5.41) is 7.08. The van der Waals surface area contributed by atoms with Gasteiger partial charge in [0.2, 0.25) is 0 Å². The minimum atomic E-state index is -4.20. The van der Waals surface area contributed by atoms with Gasteiger partial charge in [-0.05, 0) is 31.0 Å². The van der Waals surface area contributed by atoms with E-state index >= 15 is 0 Å². The average Bonchev–Trinajstić information content (AvgIpc) is 2.99. The Morgan fingerprint density at radius 2 is 1.90 bits per heavy atom. The number of anilines is 2. The topological polar surface area (TPSA) is 106 Å². The second-order valence-corrected chi connectivity index (χ2v) is 8.65. The molecule has 2 N–H and O–H groups in total. The van der Waals surface area contributed by atoms with Crippen LogP contribution in [0.15, 0.2) is 30.6 Å². The van der Waals surface area contributed by atoms with E-state index in [2.05, 4.69) is 10.4 Å². The largest absolute Gasteiger partial charge is 1.00 e. The van der Waals surface area contributed by atoms with E-state index in [1.165, 1.54) is 33.4 Å². The SMILES string of the molecule is Cn1cc(N(C2CCOCC2)S(=O)(=O)NC(=O)Nc2cc(Cl)cc(Cl)c2)cn1.[H-].[Na+]. The third-order valence-electron chi connectivity index (χ3n) is 4.07. The number of ether oxygens (including phenoxy) is 1. The van der Waals surface area contributed by atoms with Crippen LogP contribution < -0.4 is 43.9 Å². The smallest absolute Gasteiger partial charge is 1.00 e. The maximum absolute atomic E-state index is 13.0. The number of carbonyl (C=O) groups is 1. The minimum absolute atomic E-state index is 0. The first-order valence-corrected chi connectivity index (χ1v) is 10.6. The summed E-state index contributed by atoms with van der Waals surface area (Å²) in [6.07, 6.45) is 4.01. The maximum atomic E-state index is 13.0. The third-order valence-corrected chi connectivity index (χ3v) is 5.98. The molecule has 29 heavy (non-hydrogen) atoms. The summed E-state index contributed by atoms with van der Waals surface area (Å²) in [5.74, 6) is 0. The van der Waals surface area contributed by atoms with Crippen molar-refractivity contribution in [1.82, 2.24) is 14.5 Å². The van der Waals surface area contributed by atoms with Gasteiger partial charge in [-0.2, -0.15) is 13.5 Å². The quantitative estimate of drug-likeness (QED) is 0.592. The van der Waals surface area contributed by atoms with E-state index in [9.17, 15) is 13.2 Å². The average molecular weight is 472 g/mol. The summed E-state index contributed by atoms with van der Waals surface area (Å²) in [6, 6.07) is 3.12. The van der Waals surface area contributed by atoms with E-state index in [1.54, 1.807) is 13.2 Å². The number of hydrogen-bond donors (Lipinski definition) is 2. The molecule has 0 spiro atoms. The summed E-state index contributed by atoms with van der Waals surface area (Å²) in [7, 11) is -2.52. The van der Waals surface area contributed by atoms with E-state index in [-0.39, 0.29) is 42.7 Å². The standard InChI is InChI=1S/C16H19Cl2N5O4S.Na.H/c1-22-10-15(9-19-22)23(14-2-4-27-5-3-14)28(25,26)21-16(24)20-13-7-11(17)6-12(18)8-13;;/h6-10,14H,2-5H2,1H3,(H2,20,21,24);;/q;+1;-1. The van der Waals surface area contributed by atoms with Gasteiger partial charge in [-0.25, -0.2) is 13.8 Å². The fourth-order valence-corrected chi connectivity index (χ4v) is 4.82. The third kappa shape index (κ3) is 6.48. The first-order chi connectivity index (χ1) is 13.2. The van der Waals surface area contributed by atoms with Gasteiger partial charge in [-0.1, -0.05) is 23.2 Å². The molecule has 2 heterocycles. The molecular formula is C16H20Cl2N5NaO4S. The van der Waals surface area contributed by atoms with Crippen LogP contribution in [0.5, 0.6) is 0 Å². The van der Waals surface area contributed by atoms with Crippen molar-refractivity contribution in [2.45, 2.75) is 18.9 Å². The number of amides is 2. The molecule has 0 aliphatic carbocycles. The van der Waals surface area contributed by atoms with E-state index in [1.807, 2.05) is 4.72 Å². The van der Waals surface area contributed by atoms with Crippen LogP contribution in [0.2, 0.25) is 10.0 Å². The van der Waals surface area contributed by atoms with Crippen LogP contribution >= 0.6 is 23.2 Å². The number of benzene rings is 1. The molecule has 1 aliphatic rings. The van der Waals surface area contributed by atoms with Crippen molar-refractivity contribution in [1.29, 1.82) is 0 Å².